The number of carbonyl (C=O) groups is 1. The van der Waals surface area contributed by atoms with Crippen LogP contribution in [0.4, 0.5) is 0 Å². The van der Waals surface area contributed by atoms with Crippen LogP contribution in [0.15, 0.2) is 30.5 Å². The topological polar surface area (TPSA) is 39.2 Å². The molecule has 0 fully saturated rings. The highest BCUT2D eigenvalue weighted by atomic mass is 16.5. The lowest BCUT2D eigenvalue weighted by atomic mass is 10.3. The number of hydrogen-bond donors (Lipinski definition) is 0. The third-order valence-electron chi connectivity index (χ3n) is 1.28. The van der Waals surface area contributed by atoms with Gasteiger partial charge in [-0.2, -0.15) is 0 Å². The van der Waals surface area contributed by atoms with E-state index < -0.39 is 0 Å². The SMILES string of the molecule is COC(=O)/C=C/c1ccccn1. The van der Waals surface area contributed by atoms with E-state index in [1.54, 1.807) is 18.3 Å². The van der Waals surface area contributed by atoms with Crippen molar-refractivity contribution in [1.29, 1.82) is 0 Å². The number of nitrogens with zero attached hydrogens (tertiary/aromatic N) is 1. The molecule has 0 N–H and O–H groups in total. The lowest BCUT2D eigenvalue weighted by Crippen LogP contribution is -1.93. The molecular formula is C9H9NO2. The van der Waals surface area contributed by atoms with Crippen molar-refractivity contribution in [3.05, 3.63) is 36.2 Å². The minimum atomic E-state index is -0.374. The highest BCUT2D eigenvalue weighted by molar-refractivity contribution is 5.86. The van der Waals surface area contributed by atoms with Crippen LogP contribution in [0.1, 0.15) is 5.69 Å². The molecule has 1 rings (SSSR count). The van der Waals surface area contributed by atoms with E-state index in [-0.39, 0.29) is 5.97 Å². The minimum Gasteiger partial charge on any atom is -0.466 e. The van der Waals surface area contributed by atoms with Crippen molar-refractivity contribution < 1.29 is 9.53 Å². The van der Waals surface area contributed by atoms with Gasteiger partial charge in [0.1, 0.15) is 0 Å². The van der Waals surface area contributed by atoms with Gasteiger partial charge < -0.3 is 4.74 Å². The number of pyridine rings is 1. The van der Waals surface area contributed by atoms with E-state index in [9.17, 15) is 4.79 Å². The van der Waals surface area contributed by atoms with Crippen molar-refractivity contribution in [2.24, 2.45) is 0 Å². The summed E-state index contributed by atoms with van der Waals surface area (Å²) in [7, 11) is 1.34. The van der Waals surface area contributed by atoms with Crippen LogP contribution in [0.5, 0.6) is 0 Å². The molecular weight excluding hydrogens is 154 g/mol. The second kappa shape index (κ2) is 4.28. The predicted octanol–water partition coefficient (Wildman–Crippen LogP) is 1.27. The van der Waals surface area contributed by atoms with Gasteiger partial charge in [0.15, 0.2) is 0 Å². The zero-order valence-corrected chi connectivity index (χ0v) is 6.73. The maximum Gasteiger partial charge on any atom is 0.330 e. The van der Waals surface area contributed by atoms with Crippen molar-refractivity contribution in [3.63, 3.8) is 0 Å². The van der Waals surface area contributed by atoms with E-state index >= 15 is 0 Å². The minimum absolute atomic E-state index is 0.374. The third-order valence-corrected chi connectivity index (χ3v) is 1.28. The van der Waals surface area contributed by atoms with Gasteiger partial charge in [-0.1, -0.05) is 6.07 Å². The Morgan fingerprint density at radius 3 is 3.00 bits per heavy atom. The van der Waals surface area contributed by atoms with Gasteiger partial charge in [0.25, 0.3) is 0 Å². The largest absolute Gasteiger partial charge is 0.466 e. The van der Waals surface area contributed by atoms with E-state index in [0.717, 1.165) is 5.69 Å². The Morgan fingerprint density at radius 2 is 2.42 bits per heavy atom. The maximum atomic E-state index is 10.6. The standard InChI is InChI=1S/C9H9NO2/c1-12-9(11)6-5-8-4-2-3-7-10-8/h2-7H,1H3/b6-5+. The van der Waals surface area contributed by atoms with Crippen LogP contribution < -0.4 is 0 Å². The summed E-state index contributed by atoms with van der Waals surface area (Å²) >= 11 is 0. The van der Waals surface area contributed by atoms with Crippen LogP contribution in [0, 0.1) is 0 Å². The second-order valence-electron chi connectivity index (χ2n) is 2.11. The highest BCUT2D eigenvalue weighted by Crippen LogP contribution is 1.95. The smallest absolute Gasteiger partial charge is 0.330 e. The summed E-state index contributed by atoms with van der Waals surface area (Å²) in [5, 5.41) is 0. The predicted molar refractivity (Wildman–Crippen MR) is 45.3 cm³/mol. The molecule has 0 aliphatic carbocycles. The molecule has 12 heavy (non-hydrogen) atoms. The zero-order chi connectivity index (χ0) is 8.81. The summed E-state index contributed by atoms with van der Waals surface area (Å²) in [6.45, 7) is 0. The van der Waals surface area contributed by atoms with Gasteiger partial charge in [0.2, 0.25) is 0 Å². The van der Waals surface area contributed by atoms with Crippen molar-refractivity contribution >= 4 is 12.0 Å². The van der Waals surface area contributed by atoms with Gasteiger partial charge in [-0.15, -0.1) is 0 Å². The average Bonchev–Trinajstić information content (AvgIpc) is 2.16. The summed E-state index contributed by atoms with van der Waals surface area (Å²) in [5.41, 5.74) is 0.739. The van der Waals surface area contributed by atoms with E-state index in [2.05, 4.69) is 9.72 Å². The van der Waals surface area contributed by atoms with Crippen molar-refractivity contribution in [1.82, 2.24) is 4.98 Å². The van der Waals surface area contributed by atoms with Crippen molar-refractivity contribution in [3.8, 4) is 0 Å². The fourth-order valence-electron chi connectivity index (χ4n) is 0.696. The summed E-state index contributed by atoms with van der Waals surface area (Å²) in [6.07, 6.45) is 4.60. The first-order chi connectivity index (χ1) is 5.83. The Morgan fingerprint density at radius 1 is 1.58 bits per heavy atom. The Kier molecular flexibility index (Phi) is 3.02. The van der Waals surface area contributed by atoms with Crippen LogP contribution in [0.2, 0.25) is 0 Å². The molecule has 3 heteroatoms. The highest BCUT2D eigenvalue weighted by Gasteiger charge is 1.90. The van der Waals surface area contributed by atoms with Crippen LogP contribution in [-0.4, -0.2) is 18.1 Å². The molecule has 0 saturated heterocycles. The number of ether oxygens (including phenoxy) is 1. The van der Waals surface area contributed by atoms with Crippen LogP contribution >= 0.6 is 0 Å². The number of aromatic nitrogens is 1. The summed E-state index contributed by atoms with van der Waals surface area (Å²) < 4.78 is 4.42. The molecule has 0 unspecified atom stereocenters. The Hall–Kier alpha value is -1.64. The van der Waals surface area contributed by atoms with E-state index in [1.165, 1.54) is 13.2 Å². The van der Waals surface area contributed by atoms with E-state index in [0.29, 0.717) is 0 Å². The molecule has 0 amide bonds. The molecule has 0 spiro atoms. The number of rotatable bonds is 2. The number of carbonyl (C=O) groups excluding carboxylic acids is 1. The molecule has 1 aromatic heterocycles. The van der Waals surface area contributed by atoms with Gasteiger partial charge in [-0.25, -0.2) is 4.79 Å². The van der Waals surface area contributed by atoms with E-state index in [1.807, 2.05) is 12.1 Å². The Balaban J connectivity index is 2.64. The molecule has 1 heterocycles. The molecule has 3 nitrogen and oxygen atoms in total. The Bertz CT molecular complexity index is 280. The molecule has 0 aliphatic rings. The zero-order valence-electron chi connectivity index (χ0n) is 6.73. The fraction of sp³-hybridized carbons (Fsp3) is 0.111. The lowest BCUT2D eigenvalue weighted by molar-refractivity contribution is -0.134. The molecule has 0 aromatic carbocycles. The first-order valence-electron chi connectivity index (χ1n) is 3.50. The normalized spacial score (nSPS) is 10.1. The lowest BCUT2D eigenvalue weighted by Gasteiger charge is -1.90. The summed E-state index contributed by atoms with van der Waals surface area (Å²) in [6, 6.07) is 5.47. The van der Waals surface area contributed by atoms with Gasteiger partial charge in [-0.05, 0) is 18.2 Å². The third kappa shape index (κ3) is 2.54. The van der Waals surface area contributed by atoms with Crippen LogP contribution in [-0.2, 0) is 9.53 Å². The van der Waals surface area contributed by atoms with Crippen LogP contribution in [0.3, 0.4) is 0 Å². The molecule has 1 aromatic rings. The molecule has 0 bridgehead atoms. The number of methoxy groups -OCH3 is 1. The summed E-state index contributed by atoms with van der Waals surface area (Å²) in [4.78, 5) is 14.6. The fourth-order valence-corrected chi connectivity index (χ4v) is 0.696. The van der Waals surface area contributed by atoms with Gasteiger partial charge in [-0.3, -0.25) is 4.98 Å². The van der Waals surface area contributed by atoms with Crippen molar-refractivity contribution in [2.45, 2.75) is 0 Å². The first kappa shape index (κ1) is 8.46. The van der Waals surface area contributed by atoms with E-state index in [4.69, 9.17) is 0 Å². The monoisotopic (exact) mass is 163 g/mol. The molecule has 0 atom stereocenters. The molecule has 62 valence electrons. The average molecular weight is 163 g/mol. The van der Waals surface area contributed by atoms with Gasteiger partial charge in [0.05, 0.1) is 12.8 Å². The van der Waals surface area contributed by atoms with Gasteiger partial charge >= 0.3 is 5.97 Å². The first-order valence-corrected chi connectivity index (χ1v) is 3.50. The molecule has 0 aliphatic heterocycles. The van der Waals surface area contributed by atoms with Gasteiger partial charge in [0, 0.05) is 12.3 Å². The quantitative estimate of drug-likeness (QED) is 0.486. The maximum absolute atomic E-state index is 10.6. The molecule has 0 saturated carbocycles. The van der Waals surface area contributed by atoms with Crippen molar-refractivity contribution in [2.75, 3.05) is 7.11 Å². The molecule has 0 radical (unpaired) electrons. The Labute approximate surface area is 70.7 Å². The second-order valence-corrected chi connectivity index (χ2v) is 2.11. The number of hydrogen-bond acceptors (Lipinski definition) is 3. The summed E-state index contributed by atoms with van der Waals surface area (Å²) in [5.74, 6) is -0.374. The van der Waals surface area contributed by atoms with Crippen LogP contribution in [0.25, 0.3) is 6.08 Å². The number of esters is 1.